The molecule has 118 valence electrons. The van der Waals surface area contributed by atoms with E-state index >= 15 is 0 Å². The normalized spacial score (nSPS) is 18.8. The van der Waals surface area contributed by atoms with Crippen LogP contribution in [0.15, 0.2) is 54.6 Å². The second kappa shape index (κ2) is 6.65. The summed E-state index contributed by atoms with van der Waals surface area (Å²) in [5.74, 6) is -0.103. The predicted molar refractivity (Wildman–Crippen MR) is 85.6 cm³/mol. The number of carbonyl (C=O) groups is 2. The minimum atomic E-state index is -0.764. The summed E-state index contributed by atoms with van der Waals surface area (Å²) in [6.45, 7) is 2.04. The van der Waals surface area contributed by atoms with Gasteiger partial charge in [0.15, 0.2) is 5.78 Å². The summed E-state index contributed by atoms with van der Waals surface area (Å²) in [7, 11) is 0. The van der Waals surface area contributed by atoms with Gasteiger partial charge in [0.05, 0.1) is 6.61 Å². The van der Waals surface area contributed by atoms with Gasteiger partial charge >= 0.3 is 5.97 Å². The number of ether oxygens (including phenoxy) is 2. The number of hydrogen-bond donors (Lipinski definition) is 0. The molecule has 0 amide bonds. The van der Waals surface area contributed by atoms with Gasteiger partial charge in [-0.05, 0) is 13.0 Å². The van der Waals surface area contributed by atoms with E-state index in [-0.39, 0.29) is 24.7 Å². The number of rotatable bonds is 5. The molecule has 0 bridgehead atoms. The molecule has 3 rings (SSSR count). The molecule has 4 nitrogen and oxygen atoms in total. The van der Waals surface area contributed by atoms with Gasteiger partial charge in [-0.2, -0.15) is 0 Å². The van der Waals surface area contributed by atoms with E-state index in [4.69, 9.17) is 9.47 Å². The van der Waals surface area contributed by atoms with Gasteiger partial charge in [0.1, 0.15) is 5.75 Å². The molecule has 0 aliphatic carbocycles. The third-order valence-corrected chi connectivity index (χ3v) is 3.96. The van der Waals surface area contributed by atoms with Gasteiger partial charge in [0, 0.05) is 23.5 Å². The van der Waals surface area contributed by atoms with Crippen molar-refractivity contribution < 1.29 is 19.1 Å². The van der Waals surface area contributed by atoms with Crippen LogP contribution in [0, 0.1) is 0 Å². The fourth-order valence-corrected chi connectivity index (χ4v) is 2.87. The highest BCUT2D eigenvalue weighted by atomic mass is 16.6. The monoisotopic (exact) mass is 310 g/mol. The number of benzene rings is 2. The average molecular weight is 310 g/mol. The van der Waals surface area contributed by atoms with E-state index in [0.717, 1.165) is 5.56 Å². The molecule has 0 aromatic heterocycles. The molecular weight excluding hydrogens is 292 g/mol. The largest absolute Gasteiger partial charge is 0.478 e. The predicted octanol–water partition coefficient (Wildman–Crippen LogP) is 3.37. The highest BCUT2D eigenvalue weighted by Crippen LogP contribution is 2.41. The van der Waals surface area contributed by atoms with Crippen LogP contribution in [-0.2, 0) is 9.53 Å². The third kappa shape index (κ3) is 3.11. The molecule has 0 unspecified atom stereocenters. The van der Waals surface area contributed by atoms with Gasteiger partial charge in [-0.3, -0.25) is 4.79 Å². The van der Waals surface area contributed by atoms with Crippen LogP contribution in [0.1, 0.15) is 35.2 Å². The van der Waals surface area contributed by atoms with E-state index in [1.54, 1.807) is 19.1 Å². The Balaban J connectivity index is 1.86. The minimum absolute atomic E-state index is 0.00907. The number of fused-ring (bicyclic) bond motifs is 1. The van der Waals surface area contributed by atoms with Crippen molar-refractivity contribution in [1.82, 2.24) is 0 Å². The van der Waals surface area contributed by atoms with Gasteiger partial charge in [-0.25, -0.2) is 4.79 Å². The van der Waals surface area contributed by atoms with Crippen LogP contribution in [0.3, 0.4) is 0 Å². The molecule has 2 atom stereocenters. The van der Waals surface area contributed by atoms with E-state index < -0.39 is 12.1 Å². The van der Waals surface area contributed by atoms with E-state index in [9.17, 15) is 9.59 Å². The van der Waals surface area contributed by atoms with Gasteiger partial charge in [0.25, 0.3) is 0 Å². The first kappa shape index (κ1) is 15.3. The number of Topliss-reactive ketones (excluding diaryl/α,β-unsaturated/α-hetero) is 1. The molecule has 4 heteroatoms. The lowest BCUT2D eigenvalue weighted by Gasteiger charge is -2.17. The number of ketones is 1. The Kier molecular flexibility index (Phi) is 4.42. The highest BCUT2D eigenvalue weighted by Gasteiger charge is 2.41. The zero-order valence-electron chi connectivity index (χ0n) is 12.9. The second-order valence-corrected chi connectivity index (χ2v) is 5.43. The van der Waals surface area contributed by atoms with Crippen molar-refractivity contribution in [1.29, 1.82) is 0 Å². The number of carbonyl (C=O) groups excluding carboxylic acids is 2. The number of esters is 1. The molecule has 0 N–H and O–H groups in total. The molecule has 1 aliphatic rings. The highest BCUT2D eigenvalue weighted by molar-refractivity contribution is 5.97. The van der Waals surface area contributed by atoms with Crippen LogP contribution < -0.4 is 4.74 Å². The summed E-state index contributed by atoms with van der Waals surface area (Å²) in [5, 5.41) is 0. The minimum Gasteiger partial charge on any atom is -0.478 e. The first-order chi connectivity index (χ1) is 11.2. The number of para-hydroxylation sites is 1. The lowest BCUT2D eigenvalue weighted by Crippen LogP contribution is -2.32. The average Bonchev–Trinajstić information content (AvgIpc) is 2.95. The maximum Gasteiger partial charge on any atom is 0.347 e. The Morgan fingerprint density at radius 1 is 1.04 bits per heavy atom. The Hall–Kier alpha value is -2.62. The van der Waals surface area contributed by atoms with E-state index in [1.807, 2.05) is 42.5 Å². The molecule has 0 fully saturated rings. The van der Waals surface area contributed by atoms with E-state index in [2.05, 4.69) is 0 Å². The van der Waals surface area contributed by atoms with Crippen molar-refractivity contribution in [2.75, 3.05) is 6.61 Å². The first-order valence-corrected chi connectivity index (χ1v) is 7.71. The van der Waals surface area contributed by atoms with Crippen LogP contribution in [0.4, 0.5) is 0 Å². The Labute approximate surface area is 135 Å². The summed E-state index contributed by atoms with van der Waals surface area (Å²) in [5.41, 5.74) is 1.52. The number of hydrogen-bond acceptors (Lipinski definition) is 4. The van der Waals surface area contributed by atoms with Crippen molar-refractivity contribution >= 4 is 11.8 Å². The van der Waals surface area contributed by atoms with Crippen molar-refractivity contribution in [3.05, 3.63) is 65.7 Å². The van der Waals surface area contributed by atoms with Crippen molar-refractivity contribution in [3.8, 4) is 5.75 Å². The maximum absolute atomic E-state index is 12.5. The van der Waals surface area contributed by atoms with E-state index in [0.29, 0.717) is 11.3 Å². The summed E-state index contributed by atoms with van der Waals surface area (Å²) < 4.78 is 10.8. The standard InChI is InChI=1S/C19H18O4/c1-2-22-19(21)18-15(14-10-6-7-11-17(14)23-18)12-16(20)13-8-4-3-5-9-13/h3-11,15,18H,2,12H2,1H3/t15-,18-/m0/s1. The molecule has 2 aromatic carbocycles. The van der Waals surface area contributed by atoms with Gasteiger partial charge in [-0.15, -0.1) is 0 Å². The molecule has 0 spiro atoms. The third-order valence-electron chi connectivity index (χ3n) is 3.96. The summed E-state index contributed by atoms with van der Waals surface area (Å²) in [6.07, 6.45) is -0.551. The lowest BCUT2D eigenvalue weighted by molar-refractivity contribution is -0.151. The van der Waals surface area contributed by atoms with Crippen LogP contribution in [0.25, 0.3) is 0 Å². The molecule has 23 heavy (non-hydrogen) atoms. The Bertz CT molecular complexity index is 708. The Morgan fingerprint density at radius 3 is 2.48 bits per heavy atom. The summed E-state index contributed by atoms with van der Waals surface area (Å²) >= 11 is 0. The SMILES string of the molecule is CCOC(=O)[C@H]1Oc2ccccc2[C@@H]1CC(=O)c1ccccc1. The Morgan fingerprint density at radius 2 is 1.74 bits per heavy atom. The topological polar surface area (TPSA) is 52.6 Å². The molecular formula is C19H18O4. The smallest absolute Gasteiger partial charge is 0.347 e. The van der Waals surface area contributed by atoms with Gasteiger partial charge in [-0.1, -0.05) is 48.5 Å². The van der Waals surface area contributed by atoms with Crippen LogP contribution >= 0.6 is 0 Å². The van der Waals surface area contributed by atoms with Crippen molar-refractivity contribution in [2.45, 2.75) is 25.4 Å². The van der Waals surface area contributed by atoms with Crippen LogP contribution in [0.2, 0.25) is 0 Å². The quantitative estimate of drug-likeness (QED) is 0.627. The molecule has 0 saturated heterocycles. The van der Waals surface area contributed by atoms with Crippen molar-refractivity contribution in [3.63, 3.8) is 0 Å². The van der Waals surface area contributed by atoms with Crippen LogP contribution in [0.5, 0.6) is 5.75 Å². The van der Waals surface area contributed by atoms with Gasteiger partial charge in [0.2, 0.25) is 6.10 Å². The van der Waals surface area contributed by atoms with Crippen molar-refractivity contribution in [2.24, 2.45) is 0 Å². The van der Waals surface area contributed by atoms with Crippen LogP contribution in [-0.4, -0.2) is 24.5 Å². The lowest BCUT2D eigenvalue weighted by atomic mass is 9.88. The molecule has 0 saturated carbocycles. The maximum atomic E-state index is 12.5. The second-order valence-electron chi connectivity index (χ2n) is 5.43. The summed E-state index contributed by atoms with van der Waals surface area (Å²) in [4.78, 5) is 24.7. The molecule has 2 aromatic rings. The summed E-state index contributed by atoms with van der Waals surface area (Å²) in [6, 6.07) is 16.5. The molecule has 1 aliphatic heterocycles. The first-order valence-electron chi connectivity index (χ1n) is 7.71. The zero-order chi connectivity index (χ0) is 16.2. The molecule has 1 heterocycles. The fourth-order valence-electron chi connectivity index (χ4n) is 2.87. The zero-order valence-corrected chi connectivity index (χ0v) is 12.9. The van der Waals surface area contributed by atoms with Gasteiger partial charge < -0.3 is 9.47 Å². The molecule has 0 radical (unpaired) electrons. The fraction of sp³-hybridized carbons (Fsp3) is 0.263. The van der Waals surface area contributed by atoms with E-state index in [1.165, 1.54) is 0 Å².